The van der Waals surface area contributed by atoms with Crippen molar-refractivity contribution in [2.75, 3.05) is 7.05 Å². The molecule has 0 bridgehead atoms. The maximum Gasteiger partial charge on any atom is 0.0843 e. The Morgan fingerprint density at radius 1 is 1.32 bits per heavy atom. The van der Waals surface area contributed by atoms with E-state index >= 15 is 0 Å². The molecule has 0 amide bonds. The predicted molar refractivity (Wildman–Crippen MR) is 91.7 cm³/mol. The number of benzene rings is 1. The molecule has 19 heavy (non-hydrogen) atoms. The summed E-state index contributed by atoms with van der Waals surface area (Å²) in [6.45, 7) is 0. The van der Waals surface area contributed by atoms with E-state index in [-0.39, 0.29) is 6.04 Å². The average molecular weight is 444 g/mol. The van der Waals surface area contributed by atoms with E-state index in [9.17, 15) is 0 Å². The summed E-state index contributed by atoms with van der Waals surface area (Å²) in [6, 6.07) is 8.07. The van der Waals surface area contributed by atoms with Gasteiger partial charge >= 0.3 is 0 Å². The van der Waals surface area contributed by atoms with Crippen molar-refractivity contribution in [3.63, 3.8) is 0 Å². The van der Waals surface area contributed by atoms with Gasteiger partial charge < -0.3 is 5.32 Å². The van der Waals surface area contributed by atoms with E-state index in [0.717, 1.165) is 20.2 Å². The highest BCUT2D eigenvalue weighted by Crippen LogP contribution is 2.37. The molecule has 0 aliphatic carbocycles. The molecule has 1 aromatic carbocycles. The summed E-state index contributed by atoms with van der Waals surface area (Å²) in [6.07, 6.45) is 0.801. The van der Waals surface area contributed by atoms with Crippen LogP contribution in [0.2, 0.25) is 10.0 Å². The zero-order valence-corrected chi connectivity index (χ0v) is 15.5. The third-order valence-corrected chi connectivity index (χ3v) is 7.04. The third-order valence-electron chi connectivity index (χ3n) is 2.81. The lowest BCUT2D eigenvalue weighted by atomic mass is 10.0. The average Bonchev–Trinajstić information content (AvgIpc) is 2.71. The SMILES string of the molecule is CNC(Cc1cccc(Cl)c1Cl)c1cc(Br)c(Br)s1. The first-order valence-electron chi connectivity index (χ1n) is 5.57. The smallest absolute Gasteiger partial charge is 0.0843 e. The van der Waals surface area contributed by atoms with Crippen LogP contribution in [0.15, 0.2) is 32.5 Å². The standard InChI is InChI=1S/C13H11Br2Cl2NS/c1-18-10(11-6-8(14)13(15)19-11)5-7-3-2-4-9(16)12(7)17/h2-4,6,10,18H,5H2,1H3. The van der Waals surface area contributed by atoms with Gasteiger partial charge in [-0.15, -0.1) is 11.3 Å². The summed E-state index contributed by atoms with van der Waals surface area (Å²) in [4.78, 5) is 1.25. The largest absolute Gasteiger partial charge is 0.312 e. The van der Waals surface area contributed by atoms with E-state index in [1.54, 1.807) is 17.4 Å². The van der Waals surface area contributed by atoms with Gasteiger partial charge in [-0.2, -0.15) is 0 Å². The van der Waals surface area contributed by atoms with E-state index in [0.29, 0.717) is 10.0 Å². The molecule has 0 aliphatic heterocycles. The molecule has 1 heterocycles. The van der Waals surface area contributed by atoms with Gasteiger partial charge in [0, 0.05) is 15.4 Å². The summed E-state index contributed by atoms with van der Waals surface area (Å²) in [5, 5.41) is 4.56. The summed E-state index contributed by atoms with van der Waals surface area (Å²) in [5.74, 6) is 0. The molecule has 2 aromatic rings. The minimum atomic E-state index is 0.212. The number of halogens is 4. The van der Waals surface area contributed by atoms with Gasteiger partial charge in [0.25, 0.3) is 0 Å². The van der Waals surface area contributed by atoms with E-state index in [1.165, 1.54) is 4.88 Å². The van der Waals surface area contributed by atoms with Gasteiger partial charge in [-0.3, -0.25) is 0 Å². The Balaban J connectivity index is 2.26. The van der Waals surface area contributed by atoms with Gasteiger partial charge in [-0.05, 0) is 63.0 Å². The number of likely N-dealkylation sites (N-methyl/N-ethyl adjacent to an activating group) is 1. The van der Waals surface area contributed by atoms with Crippen LogP contribution >= 0.6 is 66.4 Å². The van der Waals surface area contributed by atoms with Crippen LogP contribution in [0.4, 0.5) is 0 Å². The molecule has 0 aliphatic rings. The molecule has 1 unspecified atom stereocenters. The van der Waals surface area contributed by atoms with Crippen molar-refractivity contribution in [2.45, 2.75) is 12.5 Å². The van der Waals surface area contributed by atoms with E-state index < -0.39 is 0 Å². The molecule has 0 saturated heterocycles. The first-order valence-corrected chi connectivity index (χ1v) is 8.73. The monoisotopic (exact) mass is 441 g/mol. The van der Waals surface area contributed by atoms with Gasteiger partial charge in [0.15, 0.2) is 0 Å². The van der Waals surface area contributed by atoms with Gasteiger partial charge in [-0.1, -0.05) is 35.3 Å². The van der Waals surface area contributed by atoms with Crippen LogP contribution in [0.5, 0.6) is 0 Å². The molecule has 0 radical (unpaired) electrons. The number of nitrogens with one attached hydrogen (secondary N) is 1. The van der Waals surface area contributed by atoms with Crippen molar-refractivity contribution >= 4 is 66.4 Å². The van der Waals surface area contributed by atoms with Gasteiger partial charge in [0.2, 0.25) is 0 Å². The molecule has 1 aromatic heterocycles. The Morgan fingerprint density at radius 3 is 2.63 bits per heavy atom. The molecule has 1 nitrogen and oxygen atoms in total. The van der Waals surface area contributed by atoms with Crippen molar-refractivity contribution in [3.05, 3.63) is 53.0 Å². The topological polar surface area (TPSA) is 12.0 Å². The molecule has 1 atom stereocenters. The highest BCUT2D eigenvalue weighted by atomic mass is 79.9. The second-order valence-corrected chi connectivity index (χ2v) is 8.07. The van der Waals surface area contributed by atoms with Gasteiger partial charge in [0.05, 0.1) is 13.8 Å². The Bertz CT molecular complexity index is 567. The molecular weight excluding hydrogens is 433 g/mol. The number of rotatable bonds is 4. The van der Waals surface area contributed by atoms with Crippen LogP contribution in [-0.2, 0) is 6.42 Å². The first-order chi connectivity index (χ1) is 9.02. The second-order valence-electron chi connectivity index (χ2n) is 4.03. The predicted octanol–water partition coefficient (Wildman–Crippen LogP) is 6.08. The molecule has 0 fully saturated rings. The number of hydrogen-bond donors (Lipinski definition) is 1. The lowest BCUT2D eigenvalue weighted by molar-refractivity contribution is 0.602. The molecule has 1 N–H and O–H groups in total. The Labute approximate surface area is 143 Å². The normalized spacial score (nSPS) is 12.7. The highest BCUT2D eigenvalue weighted by Gasteiger charge is 2.16. The summed E-state index contributed by atoms with van der Waals surface area (Å²) >= 11 is 21.0. The van der Waals surface area contributed by atoms with Crippen molar-refractivity contribution in [3.8, 4) is 0 Å². The van der Waals surface area contributed by atoms with Gasteiger partial charge in [-0.25, -0.2) is 0 Å². The highest BCUT2D eigenvalue weighted by molar-refractivity contribution is 9.13. The fourth-order valence-corrected chi connectivity index (χ4v) is 4.40. The molecule has 0 spiro atoms. The van der Waals surface area contributed by atoms with Crippen LogP contribution in [0.3, 0.4) is 0 Å². The van der Waals surface area contributed by atoms with E-state index in [4.69, 9.17) is 23.2 Å². The van der Waals surface area contributed by atoms with Crippen molar-refractivity contribution in [1.29, 1.82) is 0 Å². The zero-order valence-electron chi connectivity index (χ0n) is 10.0. The van der Waals surface area contributed by atoms with Gasteiger partial charge in [0.1, 0.15) is 0 Å². The van der Waals surface area contributed by atoms with Crippen molar-refractivity contribution in [2.24, 2.45) is 0 Å². The molecular formula is C13H11Br2Cl2NS. The quantitative estimate of drug-likeness (QED) is 0.603. The summed E-state index contributed by atoms with van der Waals surface area (Å²) < 4.78 is 2.17. The summed E-state index contributed by atoms with van der Waals surface area (Å²) in [5.41, 5.74) is 1.05. The number of thiophene rings is 1. The fourth-order valence-electron chi connectivity index (χ4n) is 1.81. The van der Waals surface area contributed by atoms with Crippen LogP contribution < -0.4 is 5.32 Å². The zero-order chi connectivity index (χ0) is 14.0. The fraction of sp³-hybridized carbons (Fsp3) is 0.231. The van der Waals surface area contributed by atoms with E-state index in [1.807, 2.05) is 19.2 Å². The van der Waals surface area contributed by atoms with Crippen LogP contribution in [-0.4, -0.2) is 7.05 Å². The van der Waals surface area contributed by atoms with Crippen LogP contribution in [0.1, 0.15) is 16.5 Å². The maximum absolute atomic E-state index is 6.24. The second kappa shape index (κ2) is 6.92. The maximum atomic E-state index is 6.24. The van der Waals surface area contributed by atoms with Crippen molar-refractivity contribution in [1.82, 2.24) is 5.32 Å². The molecule has 6 heteroatoms. The Morgan fingerprint density at radius 2 is 2.05 bits per heavy atom. The molecule has 102 valence electrons. The minimum Gasteiger partial charge on any atom is -0.312 e. The van der Waals surface area contributed by atoms with Crippen molar-refractivity contribution < 1.29 is 0 Å². The van der Waals surface area contributed by atoms with Crippen LogP contribution in [0, 0.1) is 0 Å². The number of hydrogen-bond acceptors (Lipinski definition) is 2. The van der Waals surface area contributed by atoms with Crippen LogP contribution in [0.25, 0.3) is 0 Å². The Hall–Kier alpha value is 0.420. The first kappa shape index (κ1) is 15.8. The Kier molecular flexibility index (Phi) is 5.76. The minimum absolute atomic E-state index is 0.212. The lowest BCUT2D eigenvalue weighted by Crippen LogP contribution is -2.17. The summed E-state index contributed by atoms with van der Waals surface area (Å²) in [7, 11) is 1.95. The molecule has 2 rings (SSSR count). The molecule has 0 saturated carbocycles. The van der Waals surface area contributed by atoms with E-state index in [2.05, 4.69) is 43.2 Å². The lowest BCUT2D eigenvalue weighted by Gasteiger charge is -2.15. The third kappa shape index (κ3) is 3.74.